The van der Waals surface area contributed by atoms with Crippen LogP contribution in [0.3, 0.4) is 0 Å². The second-order valence-corrected chi connectivity index (χ2v) is 6.67. The molecule has 0 aliphatic carbocycles. The zero-order valence-electron chi connectivity index (χ0n) is 13.5. The van der Waals surface area contributed by atoms with Gasteiger partial charge in [0.15, 0.2) is 0 Å². The van der Waals surface area contributed by atoms with Crippen molar-refractivity contribution in [2.45, 2.75) is 33.6 Å². The first-order valence-corrected chi connectivity index (χ1v) is 8.32. The Bertz CT molecular complexity index is 303. The van der Waals surface area contributed by atoms with Crippen LogP contribution in [0.15, 0.2) is 0 Å². The number of carbonyl (C=O) groups is 1. The zero-order valence-corrected chi connectivity index (χ0v) is 13.5. The summed E-state index contributed by atoms with van der Waals surface area (Å²) in [5.74, 6) is 1.98. The molecule has 2 rings (SSSR count). The van der Waals surface area contributed by atoms with E-state index >= 15 is 0 Å². The third kappa shape index (κ3) is 4.19. The van der Waals surface area contributed by atoms with Crippen molar-refractivity contribution in [1.29, 1.82) is 0 Å². The Morgan fingerprint density at radius 2 is 1.60 bits per heavy atom. The van der Waals surface area contributed by atoms with Gasteiger partial charge in [0.05, 0.1) is 6.54 Å². The van der Waals surface area contributed by atoms with Crippen molar-refractivity contribution in [2.24, 2.45) is 11.8 Å². The molecule has 2 aliphatic heterocycles. The number of hydrogen-bond donors (Lipinski definition) is 0. The van der Waals surface area contributed by atoms with E-state index in [1.807, 2.05) is 0 Å². The van der Waals surface area contributed by atoms with Crippen LogP contribution in [0, 0.1) is 11.8 Å². The van der Waals surface area contributed by atoms with Gasteiger partial charge < -0.3 is 9.80 Å². The number of likely N-dealkylation sites (N-methyl/N-ethyl adjacent to an activating group) is 1. The minimum atomic E-state index is 0.337. The normalized spacial score (nSPS) is 23.5. The molecule has 0 spiro atoms. The van der Waals surface area contributed by atoms with E-state index < -0.39 is 0 Å². The van der Waals surface area contributed by atoms with Gasteiger partial charge in [0.2, 0.25) is 5.91 Å². The number of carbonyl (C=O) groups excluding carboxylic acids is 1. The van der Waals surface area contributed by atoms with Crippen LogP contribution < -0.4 is 0 Å². The summed E-state index contributed by atoms with van der Waals surface area (Å²) in [7, 11) is 0. The average molecular weight is 281 g/mol. The Hall–Kier alpha value is -0.610. The lowest BCUT2D eigenvalue weighted by atomic mass is 9.87. The number of rotatable bonds is 4. The number of nitrogens with zero attached hydrogens (tertiary/aromatic N) is 3. The van der Waals surface area contributed by atoms with E-state index in [2.05, 4.69) is 35.5 Å². The average Bonchev–Trinajstić information content (AvgIpc) is 2.48. The van der Waals surface area contributed by atoms with Crippen LogP contribution in [0.4, 0.5) is 0 Å². The van der Waals surface area contributed by atoms with Crippen LogP contribution in [0.2, 0.25) is 0 Å². The Balaban J connectivity index is 1.70. The van der Waals surface area contributed by atoms with Gasteiger partial charge >= 0.3 is 0 Å². The van der Waals surface area contributed by atoms with Crippen LogP contribution in [-0.4, -0.2) is 73.0 Å². The fraction of sp³-hybridized carbons (Fsp3) is 0.938. The summed E-state index contributed by atoms with van der Waals surface area (Å²) in [6.07, 6.45) is 2.52. The van der Waals surface area contributed by atoms with E-state index in [0.717, 1.165) is 57.6 Å². The highest BCUT2D eigenvalue weighted by Crippen LogP contribution is 2.24. The molecular weight excluding hydrogens is 250 g/mol. The van der Waals surface area contributed by atoms with E-state index in [0.29, 0.717) is 12.5 Å². The highest BCUT2D eigenvalue weighted by Gasteiger charge is 2.25. The standard InChI is InChI=1S/C16H31N3O/c1-4-17-9-11-19(12-10-17)16(20)13-18-7-5-15(6-8-18)14(2)3/h14-15H,4-13H2,1-3H3. The van der Waals surface area contributed by atoms with Crippen molar-refractivity contribution in [3.63, 3.8) is 0 Å². The number of hydrogen-bond acceptors (Lipinski definition) is 3. The van der Waals surface area contributed by atoms with Crippen LogP contribution >= 0.6 is 0 Å². The largest absolute Gasteiger partial charge is 0.339 e. The first-order chi connectivity index (χ1) is 9.60. The van der Waals surface area contributed by atoms with Gasteiger partial charge in [0, 0.05) is 26.2 Å². The Morgan fingerprint density at radius 1 is 1.00 bits per heavy atom. The summed E-state index contributed by atoms with van der Waals surface area (Å²) in [6, 6.07) is 0. The quantitative estimate of drug-likeness (QED) is 0.782. The Kier molecular flexibility index (Phi) is 5.85. The predicted octanol–water partition coefficient (Wildman–Crippen LogP) is 1.52. The second kappa shape index (κ2) is 7.41. The highest BCUT2D eigenvalue weighted by atomic mass is 16.2. The van der Waals surface area contributed by atoms with E-state index in [1.54, 1.807) is 0 Å². The molecule has 0 N–H and O–H groups in total. The van der Waals surface area contributed by atoms with Gasteiger partial charge in [-0.1, -0.05) is 20.8 Å². The Morgan fingerprint density at radius 3 is 2.10 bits per heavy atom. The van der Waals surface area contributed by atoms with Crippen molar-refractivity contribution in [2.75, 3.05) is 52.4 Å². The van der Waals surface area contributed by atoms with Crippen molar-refractivity contribution in [3.05, 3.63) is 0 Å². The molecule has 4 nitrogen and oxygen atoms in total. The third-order valence-electron chi connectivity index (χ3n) is 5.11. The molecule has 2 saturated heterocycles. The van der Waals surface area contributed by atoms with Gasteiger partial charge in [-0.3, -0.25) is 9.69 Å². The molecular formula is C16H31N3O. The van der Waals surface area contributed by atoms with Crippen molar-refractivity contribution >= 4 is 5.91 Å². The van der Waals surface area contributed by atoms with Crippen LogP contribution in [0.5, 0.6) is 0 Å². The third-order valence-corrected chi connectivity index (χ3v) is 5.11. The SMILES string of the molecule is CCN1CCN(C(=O)CN2CCC(C(C)C)CC2)CC1. The molecule has 0 saturated carbocycles. The van der Waals surface area contributed by atoms with Gasteiger partial charge in [-0.15, -0.1) is 0 Å². The zero-order chi connectivity index (χ0) is 14.5. The highest BCUT2D eigenvalue weighted by molar-refractivity contribution is 5.78. The lowest BCUT2D eigenvalue weighted by molar-refractivity contribution is -0.134. The molecule has 0 bridgehead atoms. The number of piperidine rings is 1. The summed E-state index contributed by atoms with van der Waals surface area (Å²) in [6.45, 7) is 14.7. The van der Waals surface area contributed by atoms with E-state index in [9.17, 15) is 4.79 Å². The number of piperazine rings is 1. The first kappa shape index (κ1) is 15.8. The van der Waals surface area contributed by atoms with Crippen molar-refractivity contribution < 1.29 is 4.79 Å². The summed E-state index contributed by atoms with van der Waals surface area (Å²) >= 11 is 0. The summed E-state index contributed by atoms with van der Waals surface area (Å²) < 4.78 is 0. The monoisotopic (exact) mass is 281 g/mol. The molecule has 2 fully saturated rings. The molecule has 2 heterocycles. The van der Waals surface area contributed by atoms with E-state index in [1.165, 1.54) is 12.8 Å². The lowest BCUT2D eigenvalue weighted by Gasteiger charge is -2.37. The molecule has 20 heavy (non-hydrogen) atoms. The maximum Gasteiger partial charge on any atom is 0.236 e. The fourth-order valence-electron chi connectivity index (χ4n) is 3.38. The summed E-state index contributed by atoms with van der Waals surface area (Å²) in [5, 5.41) is 0. The van der Waals surface area contributed by atoms with Gasteiger partial charge in [-0.25, -0.2) is 0 Å². The van der Waals surface area contributed by atoms with Gasteiger partial charge in [-0.2, -0.15) is 0 Å². The number of amides is 1. The fourth-order valence-corrected chi connectivity index (χ4v) is 3.38. The minimum absolute atomic E-state index is 0.337. The molecule has 116 valence electrons. The van der Waals surface area contributed by atoms with E-state index in [-0.39, 0.29) is 0 Å². The lowest BCUT2D eigenvalue weighted by Crippen LogP contribution is -2.51. The minimum Gasteiger partial charge on any atom is -0.339 e. The molecule has 2 aliphatic rings. The predicted molar refractivity (Wildman–Crippen MR) is 82.7 cm³/mol. The molecule has 0 atom stereocenters. The van der Waals surface area contributed by atoms with E-state index in [4.69, 9.17) is 0 Å². The molecule has 0 aromatic rings. The Labute approximate surface area is 124 Å². The molecule has 0 aromatic carbocycles. The van der Waals surface area contributed by atoms with Crippen LogP contribution in [0.1, 0.15) is 33.6 Å². The second-order valence-electron chi connectivity index (χ2n) is 6.67. The molecule has 0 radical (unpaired) electrons. The first-order valence-electron chi connectivity index (χ1n) is 8.32. The van der Waals surface area contributed by atoms with Crippen molar-refractivity contribution in [3.8, 4) is 0 Å². The molecule has 4 heteroatoms. The maximum atomic E-state index is 12.3. The topological polar surface area (TPSA) is 26.8 Å². The van der Waals surface area contributed by atoms with Crippen LogP contribution in [-0.2, 0) is 4.79 Å². The van der Waals surface area contributed by atoms with Gasteiger partial charge in [0.1, 0.15) is 0 Å². The smallest absolute Gasteiger partial charge is 0.236 e. The molecule has 0 unspecified atom stereocenters. The van der Waals surface area contributed by atoms with Crippen LogP contribution in [0.25, 0.3) is 0 Å². The number of likely N-dealkylation sites (tertiary alicyclic amines) is 1. The van der Waals surface area contributed by atoms with Gasteiger partial charge in [0.25, 0.3) is 0 Å². The van der Waals surface area contributed by atoms with Gasteiger partial charge in [-0.05, 0) is 44.3 Å². The summed E-state index contributed by atoms with van der Waals surface area (Å²) in [4.78, 5) is 19.2. The maximum absolute atomic E-state index is 12.3. The summed E-state index contributed by atoms with van der Waals surface area (Å²) in [5.41, 5.74) is 0. The molecule has 1 amide bonds. The van der Waals surface area contributed by atoms with Crippen molar-refractivity contribution in [1.82, 2.24) is 14.7 Å². The molecule has 0 aromatic heterocycles.